The highest BCUT2D eigenvalue weighted by molar-refractivity contribution is 7.91. The van der Waals surface area contributed by atoms with Crippen LogP contribution >= 0.6 is 11.3 Å². The topological polar surface area (TPSA) is 120 Å². The molecule has 1 saturated heterocycles. The van der Waals surface area contributed by atoms with Gasteiger partial charge in [-0.3, -0.25) is 10.2 Å². The van der Waals surface area contributed by atoms with Gasteiger partial charge in [0, 0.05) is 56.3 Å². The number of carbonyl (C=O) groups excluding carboxylic acids is 1. The Hall–Kier alpha value is -3.62. The lowest BCUT2D eigenvalue weighted by Crippen LogP contribution is -2.50. The average molecular weight is 638 g/mol. The van der Waals surface area contributed by atoms with Crippen molar-refractivity contribution < 1.29 is 17.9 Å². The van der Waals surface area contributed by atoms with Gasteiger partial charge in [0.25, 0.3) is 10.0 Å². The number of nitrogens with zero attached hydrogens (tertiary/aromatic N) is 5. The van der Waals surface area contributed by atoms with Gasteiger partial charge in [0.2, 0.25) is 0 Å². The lowest BCUT2D eigenvalue weighted by molar-refractivity contribution is 0.184. The molecule has 0 spiro atoms. The summed E-state index contributed by atoms with van der Waals surface area (Å²) in [6, 6.07) is 16.4. The molecule has 234 valence electrons. The minimum absolute atomic E-state index is 0.0647. The van der Waals surface area contributed by atoms with Gasteiger partial charge in [0.1, 0.15) is 16.4 Å². The predicted octanol–water partition coefficient (Wildman–Crippen LogP) is 4.71. The fraction of sp³-hybridized carbons (Fsp3) is 0.387. The van der Waals surface area contributed by atoms with Crippen molar-refractivity contribution in [2.75, 3.05) is 64.6 Å². The van der Waals surface area contributed by atoms with Gasteiger partial charge in [-0.1, -0.05) is 30.3 Å². The van der Waals surface area contributed by atoms with Gasteiger partial charge in [0.15, 0.2) is 0 Å². The number of aromatic nitrogens is 2. The minimum Gasteiger partial charge on any atom is -0.453 e. The lowest BCUT2D eigenvalue weighted by Gasteiger charge is -2.35. The van der Waals surface area contributed by atoms with Crippen LogP contribution in [0.4, 0.5) is 15.6 Å². The number of sulfonamides is 1. The summed E-state index contributed by atoms with van der Waals surface area (Å²) in [7, 11) is 1.72. The second-order valence-electron chi connectivity index (χ2n) is 11.3. The summed E-state index contributed by atoms with van der Waals surface area (Å²) in [5.41, 5.74) is 4.92. The molecular weight excluding hydrogens is 599 g/mol. The third-order valence-corrected chi connectivity index (χ3v) is 11.2. The normalized spacial score (nSPS) is 15.4. The third-order valence-electron chi connectivity index (χ3n) is 7.51. The highest BCUT2D eigenvalue weighted by Crippen LogP contribution is 2.34. The first-order chi connectivity index (χ1) is 21.0. The van der Waals surface area contributed by atoms with E-state index in [-0.39, 0.29) is 10.3 Å². The van der Waals surface area contributed by atoms with Crippen molar-refractivity contribution in [3.05, 3.63) is 66.0 Å². The van der Waals surface area contributed by atoms with E-state index in [1.54, 1.807) is 19.3 Å². The molecule has 0 saturated carbocycles. The van der Waals surface area contributed by atoms with Crippen molar-refractivity contribution in [2.24, 2.45) is 0 Å². The van der Waals surface area contributed by atoms with E-state index in [9.17, 15) is 13.2 Å². The molecule has 0 aliphatic carbocycles. The molecule has 0 radical (unpaired) electrons. The number of hydrogen-bond acceptors (Lipinski definition) is 10. The number of amides is 1. The molecule has 2 aromatic carbocycles. The third kappa shape index (κ3) is 7.19. The van der Waals surface area contributed by atoms with E-state index in [1.165, 1.54) is 17.0 Å². The maximum atomic E-state index is 13.4. The molecule has 0 unspecified atom stereocenters. The number of nitrogens with one attached hydrogen (secondary N) is 2. The molecule has 13 heteroatoms. The van der Waals surface area contributed by atoms with E-state index in [0.717, 1.165) is 52.3 Å². The van der Waals surface area contributed by atoms with Crippen LogP contribution in [-0.4, -0.2) is 98.6 Å². The van der Waals surface area contributed by atoms with Gasteiger partial charge in [-0.05, 0) is 62.8 Å². The van der Waals surface area contributed by atoms with Crippen LogP contribution in [0.1, 0.15) is 18.1 Å². The number of carbonyl (C=O) groups is 1. The molecule has 4 aromatic rings. The molecular formula is C31H39N7O4S2. The molecule has 1 amide bonds. The molecule has 44 heavy (non-hydrogen) atoms. The van der Waals surface area contributed by atoms with Gasteiger partial charge in [0.05, 0.1) is 17.6 Å². The summed E-state index contributed by atoms with van der Waals surface area (Å²) >= 11 is 1.04. The van der Waals surface area contributed by atoms with E-state index in [1.807, 2.05) is 12.1 Å². The van der Waals surface area contributed by atoms with E-state index in [0.29, 0.717) is 36.7 Å². The zero-order valence-electron chi connectivity index (χ0n) is 25.7. The summed E-state index contributed by atoms with van der Waals surface area (Å²) in [6.45, 7) is 7.44. The first-order valence-electron chi connectivity index (χ1n) is 14.5. The Labute approximate surface area is 262 Å². The van der Waals surface area contributed by atoms with Crippen molar-refractivity contribution in [3.8, 4) is 11.1 Å². The Morgan fingerprint density at radius 2 is 1.84 bits per heavy atom. The van der Waals surface area contributed by atoms with Gasteiger partial charge in [-0.2, -0.15) is 4.31 Å². The van der Waals surface area contributed by atoms with Crippen LogP contribution < -0.4 is 10.6 Å². The van der Waals surface area contributed by atoms with Crippen molar-refractivity contribution in [2.45, 2.75) is 30.6 Å². The van der Waals surface area contributed by atoms with Crippen LogP contribution in [0.25, 0.3) is 22.0 Å². The van der Waals surface area contributed by atoms with Crippen LogP contribution in [0.15, 0.2) is 59.1 Å². The number of para-hydroxylation sites is 1. The number of ether oxygens (including phenoxy) is 1. The highest BCUT2D eigenvalue weighted by Gasteiger charge is 2.32. The average Bonchev–Trinajstić information content (AvgIpc) is 3.37. The zero-order chi connectivity index (χ0) is 31.4. The molecule has 0 bridgehead atoms. The minimum atomic E-state index is -3.68. The lowest BCUT2D eigenvalue weighted by atomic mass is 10.00. The summed E-state index contributed by atoms with van der Waals surface area (Å²) < 4.78 is 33.2. The smallest absolute Gasteiger partial charge is 0.411 e. The van der Waals surface area contributed by atoms with Gasteiger partial charge in [-0.25, -0.2) is 23.2 Å². The first-order valence-corrected chi connectivity index (χ1v) is 16.7. The van der Waals surface area contributed by atoms with Crippen LogP contribution in [0.3, 0.4) is 0 Å². The van der Waals surface area contributed by atoms with Crippen molar-refractivity contribution >= 4 is 49.2 Å². The number of thiophene rings is 1. The molecule has 2 aromatic heterocycles. The fourth-order valence-electron chi connectivity index (χ4n) is 5.51. The van der Waals surface area contributed by atoms with E-state index in [4.69, 9.17) is 0 Å². The molecule has 1 atom stereocenters. The monoisotopic (exact) mass is 637 g/mol. The molecule has 1 fully saturated rings. The quantitative estimate of drug-likeness (QED) is 0.255. The number of benzene rings is 2. The molecule has 1 aliphatic heterocycles. The largest absolute Gasteiger partial charge is 0.453 e. The number of hydrogen-bond donors (Lipinski definition) is 2. The van der Waals surface area contributed by atoms with Crippen molar-refractivity contribution in [1.29, 1.82) is 0 Å². The molecule has 11 nitrogen and oxygen atoms in total. The highest BCUT2D eigenvalue weighted by atomic mass is 32.2. The maximum Gasteiger partial charge on any atom is 0.411 e. The number of fused-ring (bicyclic) bond motifs is 1. The Morgan fingerprint density at radius 1 is 1.09 bits per heavy atom. The first kappa shape index (κ1) is 31.8. The number of aryl methyl sites for hydroxylation is 1. The predicted molar refractivity (Wildman–Crippen MR) is 176 cm³/mol. The molecule has 3 heterocycles. The SMILES string of the molecule is COC(=O)Nc1cc(C)c(S(=O)(=O)N2CCN(C[C@H](C)Nc3ncnc4c(-c5cccc(CN(C)C)c5)cccc34)CC2)s1. The van der Waals surface area contributed by atoms with Crippen LogP contribution in [0.5, 0.6) is 0 Å². The summed E-state index contributed by atoms with van der Waals surface area (Å²) in [4.78, 5) is 25.2. The Bertz CT molecular complexity index is 1730. The maximum absolute atomic E-state index is 13.4. The van der Waals surface area contributed by atoms with Gasteiger partial charge in [-0.15, -0.1) is 11.3 Å². The van der Waals surface area contributed by atoms with E-state index >= 15 is 0 Å². The molecule has 5 rings (SSSR count). The van der Waals surface area contributed by atoms with Gasteiger partial charge < -0.3 is 15.0 Å². The van der Waals surface area contributed by atoms with Crippen molar-refractivity contribution in [1.82, 2.24) is 24.1 Å². The fourth-order valence-corrected chi connectivity index (χ4v) is 8.65. The number of rotatable bonds is 10. The summed E-state index contributed by atoms with van der Waals surface area (Å²) in [5, 5.41) is 7.52. The number of methoxy groups -OCH3 is 1. The summed E-state index contributed by atoms with van der Waals surface area (Å²) in [5.74, 6) is 0.777. The summed E-state index contributed by atoms with van der Waals surface area (Å²) in [6.07, 6.45) is 0.972. The second kappa shape index (κ2) is 13.6. The Kier molecular flexibility index (Phi) is 9.81. The second-order valence-corrected chi connectivity index (χ2v) is 14.5. The molecule has 2 N–H and O–H groups in total. The van der Waals surface area contributed by atoms with Gasteiger partial charge >= 0.3 is 6.09 Å². The van der Waals surface area contributed by atoms with Crippen LogP contribution in [-0.2, 0) is 21.3 Å². The molecule has 1 aliphatic rings. The Balaban J connectivity index is 1.23. The Morgan fingerprint density at radius 3 is 2.57 bits per heavy atom. The van der Waals surface area contributed by atoms with Crippen LogP contribution in [0, 0.1) is 6.92 Å². The number of piperazine rings is 1. The van der Waals surface area contributed by atoms with E-state index in [2.05, 4.69) is 86.5 Å². The van der Waals surface area contributed by atoms with Crippen molar-refractivity contribution in [3.63, 3.8) is 0 Å². The number of anilines is 2. The van der Waals surface area contributed by atoms with Crippen LogP contribution in [0.2, 0.25) is 0 Å². The standard InChI is InChI=1S/C31H39N7O4S2/c1-21-16-27(35-31(39)42-5)43-30(21)44(40,41)38-14-12-37(13-15-38)18-22(2)34-29-26-11-7-10-25(28(26)32-20-33-29)24-9-6-8-23(17-24)19-36(3)4/h6-11,16-17,20,22H,12-15,18-19H2,1-5H3,(H,35,39)(H,32,33,34)/t22-/m0/s1. The van der Waals surface area contributed by atoms with E-state index < -0.39 is 16.1 Å². The zero-order valence-corrected chi connectivity index (χ0v) is 27.3.